The molecule has 0 spiro atoms. The van der Waals surface area contributed by atoms with Crippen molar-refractivity contribution in [2.45, 2.75) is 110 Å². The minimum Gasteiger partial charge on any atom is -0.481 e. The second-order valence-corrected chi connectivity index (χ2v) is 10.3. The number of rotatable bonds is 7. The zero-order valence-corrected chi connectivity index (χ0v) is 17.1. The van der Waals surface area contributed by atoms with Gasteiger partial charge in [-0.1, -0.05) is 84.0 Å². The summed E-state index contributed by atoms with van der Waals surface area (Å²) < 4.78 is 0. The van der Waals surface area contributed by atoms with Gasteiger partial charge in [0.15, 0.2) is 0 Å². The van der Waals surface area contributed by atoms with Crippen LogP contribution in [0.4, 0.5) is 0 Å². The normalized spacial score (nSPS) is 38.8. The molecule has 3 aliphatic rings. The lowest BCUT2D eigenvalue weighted by molar-refractivity contribution is -0.137. The molecule has 0 heterocycles. The molecular formula is C24H42O2. The van der Waals surface area contributed by atoms with Crippen molar-refractivity contribution in [3.05, 3.63) is 0 Å². The van der Waals surface area contributed by atoms with Gasteiger partial charge in [0.25, 0.3) is 0 Å². The van der Waals surface area contributed by atoms with Gasteiger partial charge in [0.1, 0.15) is 0 Å². The smallest absolute Gasteiger partial charge is 0.303 e. The Bertz CT molecular complexity index is 408. The third-order valence-electron chi connectivity index (χ3n) is 8.17. The molecule has 0 radical (unpaired) electrons. The van der Waals surface area contributed by atoms with Gasteiger partial charge in [-0.05, 0) is 54.8 Å². The molecule has 3 fully saturated rings. The maximum absolute atomic E-state index is 10.7. The van der Waals surface area contributed by atoms with Crippen LogP contribution >= 0.6 is 0 Å². The Morgan fingerprint density at radius 3 is 1.38 bits per heavy atom. The maximum atomic E-state index is 10.7. The van der Waals surface area contributed by atoms with Crippen LogP contribution in [-0.2, 0) is 4.79 Å². The predicted octanol–water partition coefficient (Wildman–Crippen LogP) is 7.07. The standard InChI is InChI=1S/C24H42O2/c1-18-2-4-20(5-3-18)16-22-10-12-23(13-11-22)17-21-8-6-19(7-9-21)14-15-24(25)26/h18-23H,2-17H2,1H3,(H,25,26). The Morgan fingerprint density at radius 2 is 1.00 bits per heavy atom. The van der Waals surface area contributed by atoms with E-state index in [9.17, 15) is 4.79 Å². The number of carboxylic acids is 1. The molecule has 3 saturated carbocycles. The number of aliphatic carboxylic acids is 1. The summed E-state index contributed by atoms with van der Waals surface area (Å²) in [5.41, 5.74) is 0. The van der Waals surface area contributed by atoms with Crippen LogP contribution in [0.5, 0.6) is 0 Å². The largest absolute Gasteiger partial charge is 0.481 e. The van der Waals surface area contributed by atoms with Crippen LogP contribution in [-0.4, -0.2) is 11.1 Å². The van der Waals surface area contributed by atoms with Crippen molar-refractivity contribution in [2.24, 2.45) is 35.5 Å². The average Bonchev–Trinajstić information content (AvgIpc) is 2.64. The summed E-state index contributed by atoms with van der Waals surface area (Å²) in [6.07, 6.45) is 21.6. The molecule has 150 valence electrons. The van der Waals surface area contributed by atoms with Crippen LogP contribution in [0.1, 0.15) is 110 Å². The second kappa shape index (κ2) is 10.1. The number of hydrogen-bond donors (Lipinski definition) is 1. The molecule has 0 aromatic rings. The van der Waals surface area contributed by atoms with E-state index in [0.717, 1.165) is 36.0 Å². The van der Waals surface area contributed by atoms with E-state index in [4.69, 9.17) is 5.11 Å². The Kier molecular flexibility index (Phi) is 7.88. The monoisotopic (exact) mass is 362 g/mol. The van der Waals surface area contributed by atoms with Crippen LogP contribution < -0.4 is 0 Å². The molecular weight excluding hydrogens is 320 g/mol. The zero-order valence-electron chi connectivity index (χ0n) is 17.1. The molecule has 0 saturated heterocycles. The van der Waals surface area contributed by atoms with E-state index in [1.807, 2.05) is 0 Å². The Morgan fingerprint density at radius 1 is 0.654 bits per heavy atom. The molecule has 3 aliphatic carbocycles. The summed E-state index contributed by atoms with van der Waals surface area (Å²) >= 11 is 0. The second-order valence-electron chi connectivity index (χ2n) is 10.3. The molecule has 0 aliphatic heterocycles. The van der Waals surface area contributed by atoms with Gasteiger partial charge in [0.2, 0.25) is 0 Å². The number of carboxylic acid groups (broad SMARTS) is 1. The fourth-order valence-corrected chi connectivity index (χ4v) is 6.29. The van der Waals surface area contributed by atoms with Crippen molar-refractivity contribution in [1.29, 1.82) is 0 Å². The van der Waals surface area contributed by atoms with Crippen molar-refractivity contribution in [3.63, 3.8) is 0 Å². The summed E-state index contributed by atoms with van der Waals surface area (Å²) in [7, 11) is 0. The van der Waals surface area contributed by atoms with Crippen molar-refractivity contribution < 1.29 is 9.90 Å². The zero-order chi connectivity index (χ0) is 18.4. The van der Waals surface area contributed by atoms with Gasteiger partial charge in [-0.15, -0.1) is 0 Å². The van der Waals surface area contributed by atoms with Gasteiger partial charge >= 0.3 is 5.97 Å². The summed E-state index contributed by atoms with van der Waals surface area (Å²) in [5.74, 6) is 5.09. The molecule has 0 bridgehead atoms. The molecule has 0 atom stereocenters. The van der Waals surface area contributed by atoms with Gasteiger partial charge in [0, 0.05) is 6.42 Å². The van der Waals surface area contributed by atoms with Gasteiger partial charge in [-0.3, -0.25) is 4.79 Å². The SMILES string of the molecule is CC1CCC(CC2CCC(CC3CCC(CCC(=O)O)CC3)CC2)CC1. The lowest BCUT2D eigenvalue weighted by Crippen LogP contribution is -2.23. The first-order chi connectivity index (χ1) is 12.6. The summed E-state index contributed by atoms with van der Waals surface area (Å²) in [6, 6.07) is 0. The highest BCUT2D eigenvalue weighted by Gasteiger charge is 2.29. The van der Waals surface area contributed by atoms with E-state index in [0.29, 0.717) is 12.3 Å². The van der Waals surface area contributed by atoms with Crippen molar-refractivity contribution >= 4 is 5.97 Å². The molecule has 0 aromatic carbocycles. The van der Waals surface area contributed by atoms with Crippen LogP contribution in [0.2, 0.25) is 0 Å². The topological polar surface area (TPSA) is 37.3 Å². The Labute approximate surface area is 161 Å². The predicted molar refractivity (Wildman–Crippen MR) is 108 cm³/mol. The van der Waals surface area contributed by atoms with E-state index in [2.05, 4.69) is 6.92 Å². The molecule has 0 unspecified atom stereocenters. The van der Waals surface area contributed by atoms with Gasteiger partial charge in [-0.25, -0.2) is 0 Å². The van der Waals surface area contributed by atoms with Crippen molar-refractivity contribution in [3.8, 4) is 0 Å². The first-order valence-corrected chi connectivity index (χ1v) is 11.8. The quantitative estimate of drug-likeness (QED) is 0.526. The molecule has 2 heteroatoms. The molecule has 1 N–H and O–H groups in total. The highest BCUT2D eigenvalue weighted by Crippen LogP contribution is 2.42. The molecule has 2 nitrogen and oxygen atoms in total. The Hall–Kier alpha value is -0.530. The van der Waals surface area contributed by atoms with Crippen LogP contribution in [0, 0.1) is 35.5 Å². The minimum absolute atomic E-state index is 0.374. The minimum atomic E-state index is -0.619. The third kappa shape index (κ3) is 6.57. The van der Waals surface area contributed by atoms with Crippen LogP contribution in [0.25, 0.3) is 0 Å². The fraction of sp³-hybridized carbons (Fsp3) is 0.958. The highest BCUT2D eigenvalue weighted by atomic mass is 16.4. The first kappa shape index (κ1) is 20.2. The van der Waals surface area contributed by atoms with Crippen LogP contribution in [0.15, 0.2) is 0 Å². The van der Waals surface area contributed by atoms with Gasteiger partial charge < -0.3 is 5.11 Å². The van der Waals surface area contributed by atoms with Crippen molar-refractivity contribution in [2.75, 3.05) is 0 Å². The summed E-state index contributed by atoms with van der Waals surface area (Å²) in [5, 5.41) is 8.85. The molecule has 26 heavy (non-hydrogen) atoms. The molecule has 0 aromatic heterocycles. The van der Waals surface area contributed by atoms with E-state index >= 15 is 0 Å². The fourth-order valence-electron chi connectivity index (χ4n) is 6.29. The molecule has 3 rings (SSSR count). The maximum Gasteiger partial charge on any atom is 0.303 e. The summed E-state index contributed by atoms with van der Waals surface area (Å²) in [4.78, 5) is 10.7. The lowest BCUT2D eigenvalue weighted by atomic mass is 9.70. The number of carbonyl (C=O) groups is 1. The number of hydrogen-bond acceptors (Lipinski definition) is 1. The van der Waals surface area contributed by atoms with E-state index in [1.165, 1.54) is 89.9 Å². The lowest BCUT2D eigenvalue weighted by Gasteiger charge is -2.36. The molecule has 0 amide bonds. The van der Waals surface area contributed by atoms with Gasteiger partial charge in [0.05, 0.1) is 0 Å². The summed E-state index contributed by atoms with van der Waals surface area (Å²) in [6.45, 7) is 2.43. The van der Waals surface area contributed by atoms with Crippen LogP contribution in [0.3, 0.4) is 0 Å². The van der Waals surface area contributed by atoms with E-state index < -0.39 is 5.97 Å². The average molecular weight is 363 g/mol. The highest BCUT2D eigenvalue weighted by molar-refractivity contribution is 5.66. The third-order valence-corrected chi connectivity index (χ3v) is 8.17. The van der Waals surface area contributed by atoms with Crippen molar-refractivity contribution in [1.82, 2.24) is 0 Å². The van der Waals surface area contributed by atoms with E-state index in [-0.39, 0.29) is 0 Å². The van der Waals surface area contributed by atoms with Gasteiger partial charge in [-0.2, -0.15) is 0 Å². The Balaban J connectivity index is 1.28. The van der Waals surface area contributed by atoms with E-state index in [1.54, 1.807) is 0 Å². The first-order valence-electron chi connectivity index (χ1n) is 11.8.